The first-order chi connectivity index (χ1) is 8.95. The van der Waals surface area contributed by atoms with E-state index in [4.69, 9.17) is 4.74 Å². The summed E-state index contributed by atoms with van der Waals surface area (Å²) in [4.78, 5) is 4.02. The first-order valence-electron chi connectivity index (χ1n) is 5.78. The van der Waals surface area contributed by atoms with Crippen molar-refractivity contribution in [2.45, 2.75) is 13.5 Å². The van der Waals surface area contributed by atoms with E-state index in [1.165, 1.54) is 12.1 Å². The SMILES string of the molecule is Cc1cncc(COc2ccc([B-](F)(F)F)cc2)c1.[K+]. The fraction of sp³-hybridized carbons (Fsp3) is 0.154. The molecular formula is C13H12BF3KNO. The zero-order chi connectivity index (χ0) is 13.9. The maximum absolute atomic E-state index is 12.4. The van der Waals surface area contributed by atoms with Crippen molar-refractivity contribution in [1.82, 2.24) is 4.98 Å². The minimum atomic E-state index is -4.95. The van der Waals surface area contributed by atoms with Crippen LogP contribution in [-0.4, -0.2) is 12.0 Å². The third-order valence-electron chi connectivity index (χ3n) is 2.60. The molecule has 0 fully saturated rings. The second-order valence-corrected chi connectivity index (χ2v) is 4.30. The van der Waals surface area contributed by atoms with Gasteiger partial charge in [0.05, 0.1) is 0 Å². The molecule has 1 heterocycles. The summed E-state index contributed by atoms with van der Waals surface area (Å²) in [6, 6.07) is 6.63. The molecule has 0 bridgehead atoms. The fourth-order valence-electron chi connectivity index (χ4n) is 1.65. The third-order valence-corrected chi connectivity index (χ3v) is 2.60. The summed E-state index contributed by atoms with van der Waals surface area (Å²) >= 11 is 0. The van der Waals surface area contributed by atoms with Crippen LogP contribution in [-0.2, 0) is 6.61 Å². The Labute approximate surface area is 158 Å². The number of ether oxygens (including phenoxy) is 1. The number of nitrogens with zero attached hydrogens (tertiary/aromatic N) is 1. The molecule has 0 saturated carbocycles. The van der Waals surface area contributed by atoms with Crippen LogP contribution in [0.2, 0.25) is 0 Å². The van der Waals surface area contributed by atoms with Crippen LogP contribution in [0.1, 0.15) is 11.1 Å². The monoisotopic (exact) mass is 305 g/mol. The Morgan fingerprint density at radius 2 is 1.75 bits per heavy atom. The van der Waals surface area contributed by atoms with E-state index in [-0.39, 0.29) is 58.0 Å². The Morgan fingerprint density at radius 3 is 2.30 bits per heavy atom. The van der Waals surface area contributed by atoms with Gasteiger partial charge >= 0.3 is 58.4 Å². The molecule has 0 aliphatic rings. The number of aromatic nitrogens is 1. The molecule has 1 aromatic heterocycles. The van der Waals surface area contributed by atoms with Crippen LogP contribution in [0.5, 0.6) is 5.75 Å². The van der Waals surface area contributed by atoms with E-state index in [9.17, 15) is 12.9 Å². The molecule has 2 nitrogen and oxygen atoms in total. The first kappa shape index (κ1) is 17.7. The predicted molar refractivity (Wildman–Crippen MR) is 68.5 cm³/mol. The zero-order valence-corrected chi connectivity index (χ0v) is 14.4. The van der Waals surface area contributed by atoms with Gasteiger partial charge in [0.25, 0.3) is 0 Å². The van der Waals surface area contributed by atoms with Gasteiger partial charge in [-0.05, 0) is 30.7 Å². The molecule has 0 atom stereocenters. The third kappa shape index (κ3) is 5.22. The van der Waals surface area contributed by atoms with Gasteiger partial charge in [0.2, 0.25) is 0 Å². The van der Waals surface area contributed by atoms with E-state index in [0.717, 1.165) is 23.3 Å². The summed E-state index contributed by atoms with van der Waals surface area (Å²) in [6.07, 6.45) is 3.39. The van der Waals surface area contributed by atoms with Crippen LogP contribution < -0.4 is 61.6 Å². The van der Waals surface area contributed by atoms with Crippen molar-refractivity contribution in [3.8, 4) is 5.75 Å². The van der Waals surface area contributed by atoms with E-state index in [1.54, 1.807) is 12.4 Å². The normalized spacial score (nSPS) is 10.8. The fourth-order valence-corrected chi connectivity index (χ4v) is 1.65. The molecule has 0 amide bonds. The number of benzene rings is 1. The van der Waals surface area contributed by atoms with Gasteiger partial charge in [0.1, 0.15) is 12.4 Å². The van der Waals surface area contributed by atoms with Crippen molar-refractivity contribution < 1.29 is 69.1 Å². The van der Waals surface area contributed by atoms with Crippen LogP contribution >= 0.6 is 0 Å². The zero-order valence-electron chi connectivity index (χ0n) is 11.3. The van der Waals surface area contributed by atoms with Crippen LogP contribution in [0.25, 0.3) is 0 Å². The maximum Gasteiger partial charge on any atom is 1.00 e. The summed E-state index contributed by atoms with van der Waals surface area (Å²) in [7, 11) is 0. The Balaban J connectivity index is 0.00000200. The van der Waals surface area contributed by atoms with Gasteiger partial charge < -0.3 is 17.7 Å². The Hall–Kier alpha value is -0.339. The molecule has 0 saturated heterocycles. The Kier molecular flexibility index (Phi) is 6.74. The Bertz CT molecular complexity index is 560. The quantitative estimate of drug-likeness (QED) is 0.744. The predicted octanol–water partition coefficient (Wildman–Crippen LogP) is 0.0274. The van der Waals surface area contributed by atoms with Crippen LogP contribution in [0.4, 0.5) is 12.9 Å². The molecular weight excluding hydrogens is 293 g/mol. The average molecular weight is 305 g/mol. The summed E-state index contributed by atoms with van der Waals surface area (Å²) in [5.74, 6) is 0.408. The van der Waals surface area contributed by atoms with Gasteiger partial charge in [-0.25, -0.2) is 0 Å². The molecule has 0 unspecified atom stereocenters. The van der Waals surface area contributed by atoms with Gasteiger partial charge in [-0.2, -0.15) is 0 Å². The molecule has 100 valence electrons. The van der Waals surface area contributed by atoms with Crippen LogP contribution in [0.3, 0.4) is 0 Å². The van der Waals surface area contributed by atoms with Gasteiger partial charge in [-0.3, -0.25) is 4.98 Å². The van der Waals surface area contributed by atoms with Gasteiger partial charge in [-0.15, -0.1) is 5.46 Å². The van der Waals surface area contributed by atoms with Gasteiger partial charge in [-0.1, -0.05) is 12.1 Å². The second-order valence-electron chi connectivity index (χ2n) is 4.30. The topological polar surface area (TPSA) is 22.1 Å². The molecule has 0 spiro atoms. The van der Waals surface area contributed by atoms with Crippen LogP contribution in [0, 0.1) is 6.92 Å². The maximum atomic E-state index is 12.4. The molecule has 0 N–H and O–H groups in total. The second kappa shape index (κ2) is 7.61. The number of halogens is 3. The number of rotatable bonds is 4. The van der Waals surface area contributed by atoms with Crippen molar-refractivity contribution in [1.29, 1.82) is 0 Å². The molecule has 2 rings (SSSR count). The number of hydrogen-bond acceptors (Lipinski definition) is 2. The molecule has 7 heteroatoms. The smallest absolute Gasteiger partial charge is 0.489 e. The number of pyridine rings is 1. The largest absolute Gasteiger partial charge is 1.00 e. The summed E-state index contributed by atoms with van der Waals surface area (Å²) < 4.78 is 42.7. The van der Waals surface area contributed by atoms with Crippen molar-refractivity contribution >= 4 is 12.4 Å². The van der Waals surface area contributed by atoms with E-state index in [2.05, 4.69) is 4.98 Å². The van der Waals surface area contributed by atoms with Gasteiger partial charge in [0, 0.05) is 18.0 Å². The molecule has 0 radical (unpaired) electrons. The molecule has 20 heavy (non-hydrogen) atoms. The summed E-state index contributed by atoms with van der Waals surface area (Å²) in [5.41, 5.74) is 1.27. The average Bonchev–Trinajstić information content (AvgIpc) is 2.36. The Morgan fingerprint density at radius 1 is 1.10 bits per heavy atom. The molecule has 0 aliphatic heterocycles. The molecule has 0 aliphatic carbocycles. The minimum Gasteiger partial charge on any atom is -0.489 e. The van der Waals surface area contributed by atoms with Crippen molar-refractivity contribution in [3.05, 3.63) is 53.9 Å². The minimum absolute atomic E-state index is 0. The standard InChI is InChI=1S/C13H12BF3NO.K/c1-10-6-11(8-18-7-10)9-19-13-4-2-12(3-5-13)14(15,16)17;/h2-8H,9H2,1H3;/q-1;+1. The van der Waals surface area contributed by atoms with E-state index < -0.39 is 12.4 Å². The molecule has 2 aromatic rings. The van der Waals surface area contributed by atoms with Crippen molar-refractivity contribution in [3.63, 3.8) is 0 Å². The summed E-state index contributed by atoms with van der Waals surface area (Å²) in [5, 5.41) is 0. The molecule has 1 aromatic carbocycles. The number of hydrogen-bond donors (Lipinski definition) is 0. The summed E-state index contributed by atoms with van der Waals surface area (Å²) in [6.45, 7) is -2.75. The van der Waals surface area contributed by atoms with E-state index in [0.29, 0.717) is 5.75 Å². The van der Waals surface area contributed by atoms with E-state index in [1.807, 2.05) is 13.0 Å². The van der Waals surface area contributed by atoms with Crippen molar-refractivity contribution in [2.24, 2.45) is 0 Å². The van der Waals surface area contributed by atoms with E-state index >= 15 is 0 Å². The first-order valence-corrected chi connectivity index (χ1v) is 5.78. The number of aryl methyl sites for hydroxylation is 1. The van der Waals surface area contributed by atoms with Crippen LogP contribution in [0.15, 0.2) is 42.7 Å². The van der Waals surface area contributed by atoms with Gasteiger partial charge in [0.15, 0.2) is 0 Å². The van der Waals surface area contributed by atoms with Crippen molar-refractivity contribution in [2.75, 3.05) is 0 Å².